The van der Waals surface area contributed by atoms with Crippen LogP contribution in [0.2, 0.25) is 0 Å². The van der Waals surface area contributed by atoms with Crippen molar-refractivity contribution in [1.82, 2.24) is 20.9 Å². The maximum atomic E-state index is 12.7. The largest absolute Gasteiger partial charge is 0.356 e. The molecular weight excluding hydrogens is 342 g/mol. The molecule has 0 aromatic rings. The predicted molar refractivity (Wildman–Crippen MR) is 92.2 cm³/mol. The molecule has 9 heteroatoms. The second-order valence-corrected chi connectivity index (χ2v) is 7.88. The number of rotatable bonds is 5. The van der Waals surface area contributed by atoms with Crippen molar-refractivity contribution in [3.8, 4) is 6.07 Å². The summed E-state index contributed by atoms with van der Waals surface area (Å²) < 4.78 is 0. The zero-order chi connectivity index (χ0) is 18.0. The first-order valence-electron chi connectivity index (χ1n) is 8.64. The molecule has 3 N–H and O–H groups in total. The molecular formula is C16H23N5O3S. The molecule has 5 atom stereocenters. The number of amides is 3. The van der Waals surface area contributed by atoms with Crippen LogP contribution in [0.25, 0.3) is 0 Å². The number of likely N-dealkylation sites (N-methyl/N-ethyl adjacent to an activating group) is 1. The number of nitrogens with one attached hydrogen (secondary N) is 3. The Balaban J connectivity index is 1.62. The van der Waals surface area contributed by atoms with Crippen molar-refractivity contribution in [3.63, 3.8) is 0 Å². The highest BCUT2D eigenvalue weighted by molar-refractivity contribution is 8.00. The van der Waals surface area contributed by atoms with Gasteiger partial charge in [-0.05, 0) is 32.7 Å². The smallest absolute Gasteiger partial charge is 0.244 e. The van der Waals surface area contributed by atoms with Crippen LogP contribution in [0.15, 0.2) is 0 Å². The van der Waals surface area contributed by atoms with Crippen molar-refractivity contribution in [1.29, 1.82) is 5.26 Å². The third-order valence-corrected chi connectivity index (χ3v) is 6.51. The number of piperidine rings is 1. The molecule has 136 valence electrons. The lowest BCUT2D eigenvalue weighted by Crippen LogP contribution is -2.58. The lowest BCUT2D eigenvalue weighted by atomic mass is 9.98. The van der Waals surface area contributed by atoms with Crippen LogP contribution in [-0.2, 0) is 14.4 Å². The molecule has 0 aromatic heterocycles. The Morgan fingerprint density at radius 3 is 2.88 bits per heavy atom. The summed E-state index contributed by atoms with van der Waals surface area (Å²) in [5, 5.41) is 17.8. The molecule has 3 fully saturated rings. The van der Waals surface area contributed by atoms with Crippen molar-refractivity contribution in [2.45, 2.75) is 49.2 Å². The third kappa shape index (κ3) is 3.60. The molecule has 0 bridgehead atoms. The van der Waals surface area contributed by atoms with Gasteiger partial charge in [-0.2, -0.15) is 5.26 Å². The van der Waals surface area contributed by atoms with E-state index in [-0.39, 0.29) is 35.1 Å². The summed E-state index contributed by atoms with van der Waals surface area (Å²) in [6.45, 7) is 0.615. The van der Waals surface area contributed by atoms with Crippen LogP contribution in [0.4, 0.5) is 0 Å². The van der Waals surface area contributed by atoms with E-state index in [1.54, 1.807) is 23.7 Å². The second-order valence-electron chi connectivity index (χ2n) is 6.67. The Bertz CT molecular complexity index is 607. The molecule has 3 saturated heterocycles. The summed E-state index contributed by atoms with van der Waals surface area (Å²) in [5.74, 6) is -0.103. The lowest BCUT2D eigenvalue weighted by molar-refractivity contribution is -0.143. The van der Waals surface area contributed by atoms with Gasteiger partial charge < -0.3 is 20.9 Å². The molecule has 25 heavy (non-hydrogen) atoms. The van der Waals surface area contributed by atoms with Gasteiger partial charge in [-0.1, -0.05) is 0 Å². The second kappa shape index (κ2) is 7.62. The highest BCUT2D eigenvalue weighted by Gasteiger charge is 2.46. The summed E-state index contributed by atoms with van der Waals surface area (Å²) in [6, 6.07) is 0.555. The van der Waals surface area contributed by atoms with Gasteiger partial charge in [0.25, 0.3) is 0 Å². The van der Waals surface area contributed by atoms with Gasteiger partial charge in [0, 0.05) is 18.2 Å². The minimum atomic E-state index is -0.717. The van der Waals surface area contributed by atoms with E-state index in [1.165, 1.54) is 0 Å². The van der Waals surface area contributed by atoms with Gasteiger partial charge in [-0.3, -0.25) is 14.4 Å². The fourth-order valence-corrected chi connectivity index (χ4v) is 5.16. The molecule has 8 nitrogen and oxygen atoms in total. The van der Waals surface area contributed by atoms with Gasteiger partial charge in [0.1, 0.15) is 12.1 Å². The third-order valence-electron chi connectivity index (χ3n) is 5.15. The molecule has 0 aromatic carbocycles. The number of hydrogen-bond donors (Lipinski definition) is 3. The van der Waals surface area contributed by atoms with Crippen molar-refractivity contribution >= 4 is 29.5 Å². The SMILES string of the molecule is CNC1CCC2SCC(C(=O)NC(C#N)CC3CCNC3=O)N2C1=O. The standard InChI is InChI=1S/C16H23N5O3S/c1-18-11-2-3-13-21(16(11)24)12(8-25-13)15(23)20-10(7-17)6-9-4-5-19-14(9)22/h9-13,18H,2-6,8H2,1H3,(H,19,22)(H,20,23). The van der Waals surface area contributed by atoms with Crippen LogP contribution in [-0.4, -0.2) is 65.5 Å². The van der Waals surface area contributed by atoms with E-state index in [9.17, 15) is 19.6 Å². The first-order valence-corrected chi connectivity index (χ1v) is 9.68. The van der Waals surface area contributed by atoms with E-state index in [4.69, 9.17) is 0 Å². The number of thioether (sulfide) groups is 1. The van der Waals surface area contributed by atoms with E-state index in [0.29, 0.717) is 25.1 Å². The molecule has 3 rings (SSSR count). The monoisotopic (exact) mass is 365 g/mol. The number of fused-ring (bicyclic) bond motifs is 1. The molecule has 3 amide bonds. The van der Waals surface area contributed by atoms with Gasteiger partial charge in [-0.25, -0.2) is 0 Å². The maximum absolute atomic E-state index is 12.7. The molecule has 0 spiro atoms. The summed E-state index contributed by atoms with van der Waals surface area (Å²) in [5.41, 5.74) is 0. The molecule has 0 saturated carbocycles. The Kier molecular flexibility index (Phi) is 5.49. The topological polar surface area (TPSA) is 114 Å². The average molecular weight is 365 g/mol. The van der Waals surface area contributed by atoms with Crippen LogP contribution in [0.1, 0.15) is 25.7 Å². The Hall–Kier alpha value is -1.79. The zero-order valence-electron chi connectivity index (χ0n) is 14.2. The average Bonchev–Trinajstić information content (AvgIpc) is 3.21. The van der Waals surface area contributed by atoms with E-state index in [0.717, 1.165) is 12.8 Å². The summed E-state index contributed by atoms with van der Waals surface area (Å²) in [7, 11) is 1.75. The number of nitriles is 1. The Labute approximate surface area is 151 Å². The van der Waals surface area contributed by atoms with Crippen molar-refractivity contribution in [2.24, 2.45) is 5.92 Å². The van der Waals surface area contributed by atoms with Crippen LogP contribution >= 0.6 is 11.8 Å². The lowest BCUT2D eigenvalue weighted by Gasteiger charge is -2.36. The van der Waals surface area contributed by atoms with E-state index >= 15 is 0 Å². The first-order chi connectivity index (χ1) is 12.0. The Morgan fingerprint density at radius 2 is 2.24 bits per heavy atom. The quantitative estimate of drug-likeness (QED) is 0.586. The predicted octanol–water partition coefficient (Wildman–Crippen LogP) is -0.827. The van der Waals surface area contributed by atoms with Gasteiger partial charge in [0.15, 0.2) is 0 Å². The number of hydrogen-bond acceptors (Lipinski definition) is 6. The summed E-state index contributed by atoms with van der Waals surface area (Å²) in [4.78, 5) is 38.6. The highest BCUT2D eigenvalue weighted by atomic mass is 32.2. The fraction of sp³-hybridized carbons (Fsp3) is 0.750. The minimum Gasteiger partial charge on any atom is -0.356 e. The summed E-state index contributed by atoms with van der Waals surface area (Å²) >= 11 is 1.62. The molecule has 3 aliphatic rings. The molecule has 5 unspecified atom stereocenters. The minimum absolute atomic E-state index is 0.0361. The fourth-order valence-electron chi connectivity index (χ4n) is 3.73. The van der Waals surface area contributed by atoms with E-state index in [2.05, 4.69) is 22.0 Å². The van der Waals surface area contributed by atoms with Gasteiger partial charge in [0.05, 0.1) is 17.5 Å². The highest BCUT2D eigenvalue weighted by Crippen LogP contribution is 2.36. The van der Waals surface area contributed by atoms with Gasteiger partial charge in [-0.15, -0.1) is 11.8 Å². The van der Waals surface area contributed by atoms with Crippen LogP contribution in [0.5, 0.6) is 0 Å². The number of carbonyl (C=O) groups is 3. The number of carbonyl (C=O) groups excluding carboxylic acids is 3. The van der Waals surface area contributed by atoms with E-state index < -0.39 is 12.1 Å². The van der Waals surface area contributed by atoms with Gasteiger partial charge in [0.2, 0.25) is 17.7 Å². The maximum Gasteiger partial charge on any atom is 0.244 e. The van der Waals surface area contributed by atoms with Crippen molar-refractivity contribution in [3.05, 3.63) is 0 Å². The normalized spacial score (nSPS) is 32.7. The van der Waals surface area contributed by atoms with Crippen LogP contribution in [0.3, 0.4) is 0 Å². The summed E-state index contributed by atoms with van der Waals surface area (Å²) in [6.07, 6.45) is 2.62. The van der Waals surface area contributed by atoms with E-state index in [1.807, 2.05) is 0 Å². The van der Waals surface area contributed by atoms with Crippen LogP contribution < -0.4 is 16.0 Å². The van der Waals surface area contributed by atoms with Gasteiger partial charge >= 0.3 is 0 Å². The van der Waals surface area contributed by atoms with Crippen molar-refractivity contribution in [2.75, 3.05) is 19.3 Å². The molecule has 0 aliphatic carbocycles. The van der Waals surface area contributed by atoms with Crippen molar-refractivity contribution < 1.29 is 14.4 Å². The zero-order valence-corrected chi connectivity index (χ0v) is 15.0. The number of nitrogens with zero attached hydrogens (tertiary/aromatic N) is 2. The molecule has 3 aliphatic heterocycles. The molecule has 3 heterocycles. The molecule has 0 radical (unpaired) electrons. The first kappa shape index (κ1) is 18.0. The van der Waals surface area contributed by atoms with Crippen LogP contribution in [0, 0.1) is 17.2 Å². The Morgan fingerprint density at radius 1 is 1.44 bits per heavy atom.